The van der Waals surface area contributed by atoms with E-state index in [-0.39, 0.29) is 11.8 Å². The highest BCUT2D eigenvalue weighted by Crippen LogP contribution is 2.29. The molecule has 0 bridgehead atoms. The van der Waals surface area contributed by atoms with Crippen LogP contribution in [0.15, 0.2) is 48.5 Å². The Kier molecular flexibility index (Phi) is 6.24. The lowest BCUT2D eigenvalue weighted by atomic mass is 9.99. The second-order valence-corrected chi connectivity index (χ2v) is 5.71. The Morgan fingerprint density at radius 2 is 1.71 bits per heavy atom. The normalized spacial score (nSPS) is 11.7. The fraction of sp³-hybridized carbons (Fsp3) is 0.350. The van der Waals surface area contributed by atoms with Crippen LogP contribution in [0.3, 0.4) is 0 Å². The third-order valence-corrected chi connectivity index (χ3v) is 4.06. The predicted octanol–water partition coefficient (Wildman–Crippen LogP) is 3.94. The molecule has 1 unspecified atom stereocenters. The largest absolute Gasteiger partial charge is 0.493 e. The molecule has 0 aromatic heterocycles. The van der Waals surface area contributed by atoms with Crippen LogP contribution in [0.2, 0.25) is 0 Å². The van der Waals surface area contributed by atoms with Gasteiger partial charge in [0.2, 0.25) is 5.91 Å². The van der Waals surface area contributed by atoms with Crippen molar-refractivity contribution in [3.05, 3.63) is 54.1 Å². The summed E-state index contributed by atoms with van der Waals surface area (Å²) >= 11 is 0. The lowest BCUT2D eigenvalue weighted by Crippen LogP contribution is -2.35. The molecule has 2 aromatic rings. The number of methoxy groups -OCH3 is 2. The van der Waals surface area contributed by atoms with E-state index in [0.717, 1.165) is 11.3 Å². The van der Waals surface area contributed by atoms with Gasteiger partial charge in [0.1, 0.15) is 0 Å². The zero-order valence-electron chi connectivity index (χ0n) is 14.8. The number of hydrogen-bond donors (Lipinski definition) is 0. The molecule has 128 valence electrons. The molecule has 0 saturated heterocycles. The molecule has 24 heavy (non-hydrogen) atoms. The van der Waals surface area contributed by atoms with Gasteiger partial charge in [0.05, 0.1) is 14.2 Å². The van der Waals surface area contributed by atoms with Crippen molar-refractivity contribution in [2.75, 3.05) is 25.7 Å². The Morgan fingerprint density at radius 3 is 2.29 bits per heavy atom. The smallest absolute Gasteiger partial charge is 0.230 e. The van der Waals surface area contributed by atoms with Crippen LogP contribution in [-0.2, 0) is 11.2 Å². The molecular weight excluding hydrogens is 302 g/mol. The van der Waals surface area contributed by atoms with E-state index in [4.69, 9.17) is 9.47 Å². The molecule has 4 heteroatoms. The predicted molar refractivity (Wildman–Crippen MR) is 96.9 cm³/mol. The van der Waals surface area contributed by atoms with Gasteiger partial charge in [0.15, 0.2) is 11.5 Å². The molecule has 0 spiro atoms. The van der Waals surface area contributed by atoms with Crippen molar-refractivity contribution in [1.29, 1.82) is 0 Å². The molecule has 0 saturated carbocycles. The lowest BCUT2D eigenvalue weighted by Gasteiger charge is -2.24. The third kappa shape index (κ3) is 4.07. The summed E-state index contributed by atoms with van der Waals surface area (Å²) < 4.78 is 10.6. The maximum atomic E-state index is 12.8. The zero-order chi connectivity index (χ0) is 17.5. The molecule has 2 aromatic carbocycles. The van der Waals surface area contributed by atoms with Crippen molar-refractivity contribution in [2.24, 2.45) is 5.92 Å². The van der Waals surface area contributed by atoms with Crippen LogP contribution in [0.4, 0.5) is 5.69 Å². The Balaban J connectivity index is 2.13. The standard InChI is InChI=1S/C20H25NO3/c1-5-21(17-9-7-6-8-10-17)20(22)15(2)13-16-11-12-18(23-3)19(14-16)24-4/h6-12,14-15H,5,13H2,1-4H3. The third-order valence-electron chi connectivity index (χ3n) is 4.06. The highest BCUT2D eigenvalue weighted by Gasteiger charge is 2.21. The van der Waals surface area contributed by atoms with Gasteiger partial charge in [-0.25, -0.2) is 0 Å². The minimum atomic E-state index is -0.122. The van der Waals surface area contributed by atoms with Crippen LogP contribution < -0.4 is 14.4 Å². The van der Waals surface area contributed by atoms with Crippen molar-refractivity contribution in [2.45, 2.75) is 20.3 Å². The molecular formula is C20H25NO3. The average Bonchev–Trinajstić information content (AvgIpc) is 2.63. The molecule has 0 fully saturated rings. The summed E-state index contributed by atoms with van der Waals surface area (Å²) in [5.41, 5.74) is 1.99. The van der Waals surface area contributed by atoms with E-state index in [1.807, 2.05) is 67.3 Å². The molecule has 1 amide bonds. The average molecular weight is 327 g/mol. The van der Waals surface area contributed by atoms with Crippen LogP contribution in [-0.4, -0.2) is 26.7 Å². The summed E-state index contributed by atoms with van der Waals surface area (Å²) in [6, 6.07) is 15.6. The van der Waals surface area contributed by atoms with E-state index in [0.29, 0.717) is 24.5 Å². The van der Waals surface area contributed by atoms with Gasteiger partial charge in [-0.2, -0.15) is 0 Å². The molecule has 1 atom stereocenters. The van der Waals surface area contributed by atoms with Gasteiger partial charge < -0.3 is 14.4 Å². The van der Waals surface area contributed by atoms with E-state index in [1.165, 1.54) is 0 Å². The summed E-state index contributed by atoms with van der Waals surface area (Å²) in [4.78, 5) is 14.7. The minimum Gasteiger partial charge on any atom is -0.493 e. The number of hydrogen-bond acceptors (Lipinski definition) is 3. The summed E-state index contributed by atoms with van der Waals surface area (Å²) in [6.45, 7) is 4.61. The monoisotopic (exact) mass is 327 g/mol. The number of para-hydroxylation sites is 1. The van der Waals surface area contributed by atoms with Gasteiger partial charge >= 0.3 is 0 Å². The van der Waals surface area contributed by atoms with E-state index in [1.54, 1.807) is 14.2 Å². The highest BCUT2D eigenvalue weighted by molar-refractivity contribution is 5.94. The number of anilines is 1. The lowest BCUT2D eigenvalue weighted by molar-refractivity contribution is -0.121. The second-order valence-electron chi connectivity index (χ2n) is 5.71. The Morgan fingerprint density at radius 1 is 1.04 bits per heavy atom. The first-order chi connectivity index (χ1) is 11.6. The van der Waals surface area contributed by atoms with Crippen LogP contribution in [0.1, 0.15) is 19.4 Å². The highest BCUT2D eigenvalue weighted by atomic mass is 16.5. The number of nitrogens with zero attached hydrogens (tertiary/aromatic N) is 1. The molecule has 0 aliphatic carbocycles. The maximum Gasteiger partial charge on any atom is 0.230 e. The quantitative estimate of drug-likeness (QED) is 0.773. The first-order valence-electron chi connectivity index (χ1n) is 8.18. The van der Waals surface area contributed by atoms with E-state index >= 15 is 0 Å². The number of carbonyl (C=O) groups is 1. The summed E-state index contributed by atoms with van der Waals surface area (Å²) in [5, 5.41) is 0. The molecule has 2 rings (SSSR count). The maximum absolute atomic E-state index is 12.8. The number of amides is 1. The number of benzene rings is 2. The second kappa shape index (κ2) is 8.39. The van der Waals surface area contributed by atoms with Crippen molar-refractivity contribution < 1.29 is 14.3 Å². The molecule has 0 aliphatic rings. The van der Waals surface area contributed by atoms with Gasteiger partial charge in [-0.1, -0.05) is 31.2 Å². The number of ether oxygens (including phenoxy) is 2. The van der Waals surface area contributed by atoms with Crippen molar-refractivity contribution in [3.8, 4) is 11.5 Å². The molecule has 0 radical (unpaired) electrons. The van der Waals surface area contributed by atoms with Crippen LogP contribution >= 0.6 is 0 Å². The van der Waals surface area contributed by atoms with Gasteiger partial charge in [-0.05, 0) is 43.2 Å². The van der Waals surface area contributed by atoms with Crippen LogP contribution in [0.5, 0.6) is 11.5 Å². The van der Waals surface area contributed by atoms with E-state index < -0.39 is 0 Å². The van der Waals surface area contributed by atoms with Crippen LogP contribution in [0.25, 0.3) is 0 Å². The van der Waals surface area contributed by atoms with Gasteiger partial charge in [0, 0.05) is 18.2 Å². The van der Waals surface area contributed by atoms with Crippen molar-refractivity contribution in [3.63, 3.8) is 0 Å². The Hall–Kier alpha value is -2.49. The molecule has 0 heterocycles. The van der Waals surface area contributed by atoms with Gasteiger partial charge in [0.25, 0.3) is 0 Å². The summed E-state index contributed by atoms with van der Waals surface area (Å²) in [7, 11) is 3.23. The molecule has 0 N–H and O–H groups in total. The molecule has 4 nitrogen and oxygen atoms in total. The fourth-order valence-electron chi connectivity index (χ4n) is 2.79. The van der Waals surface area contributed by atoms with E-state index in [9.17, 15) is 4.79 Å². The summed E-state index contributed by atoms with van der Waals surface area (Å²) in [5.74, 6) is 1.38. The SMILES string of the molecule is CCN(C(=O)C(C)Cc1ccc(OC)c(OC)c1)c1ccccc1. The Labute approximate surface area is 144 Å². The van der Waals surface area contributed by atoms with Crippen molar-refractivity contribution in [1.82, 2.24) is 0 Å². The van der Waals surface area contributed by atoms with E-state index in [2.05, 4.69) is 0 Å². The Bertz CT molecular complexity index is 670. The number of carbonyl (C=O) groups excluding carboxylic acids is 1. The first-order valence-corrected chi connectivity index (χ1v) is 8.18. The van der Waals surface area contributed by atoms with Gasteiger partial charge in [-0.3, -0.25) is 4.79 Å². The first kappa shape index (κ1) is 17.9. The van der Waals surface area contributed by atoms with Crippen LogP contribution in [0, 0.1) is 5.92 Å². The summed E-state index contributed by atoms with van der Waals surface area (Å²) in [6.07, 6.45) is 0.655. The topological polar surface area (TPSA) is 38.8 Å². The molecule has 0 aliphatic heterocycles. The minimum absolute atomic E-state index is 0.122. The zero-order valence-corrected chi connectivity index (χ0v) is 14.8. The fourth-order valence-corrected chi connectivity index (χ4v) is 2.79. The van der Waals surface area contributed by atoms with Crippen molar-refractivity contribution >= 4 is 11.6 Å². The number of rotatable bonds is 7. The van der Waals surface area contributed by atoms with Gasteiger partial charge in [-0.15, -0.1) is 0 Å².